The number of aliphatic hydroxyl groups excluding tert-OH is 1. The molecule has 2 N–H and O–H groups in total. The lowest BCUT2D eigenvalue weighted by Crippen LogP contribution is -2.37. The summed E-state index contributed by atoms with van der Waals surface area (Å²) in [5.41, 5.74) is 1.68. The summed E-state index contributed by atoms with van der Waals surface area (Å²) in [6, 6.07) is 7.24. The standard InChI is InChI=1S/C15H21N5O2/c1-3-19(8-9-21)15(22)17-14-10-12(2)18-20(14)11-13-6-4-5-7-16-13/h4-7,10,21H,3,8-9,11H2,1-2H3,(H,17,22). The summed E-state index contributed by atoms with van der Waals surface area (Å²) < 4.78 is 1.71. The van der Waals surface area contributed by atoms with Crippen molar-refractivity contribution < 1.29 is 9.90 Å². The molecule has 0 aliphatic carbocycles. The van der Waals surface area contributed by atoms with E-state index in [4.69, 9.17) is 5.11 Å². The SMILES string of the molecule is CCN(CCO)C(=O)Nc1cc(C)nn1Cc1ccccn1. The number of nitrogens with one attached hydrogen (secondary N) is 1. The number of aliphatic hydroxyl groups is 1. The Balaban J connectivity index is 2.12. The Morgan fingerprint density at radius 3 is 2.91 bits per heavy atom. The average molecular weight is 303 g/mol. The molecule has 7 nitrogen and oxygen atoms in total. The first kappa shape index (κ1) is 16.0. The molecule has 2 aromatic heterocycles. The fourth-order valence-electron chi connectivity index (χ4n) is 2.12. The second kappa shape index (κ2) is 7.56. The van der Waals surface area contributed by atoms with Crippen LogP contribution in [0.25, 0.3) is 0 Å². The van der Waals surface area contributed by atoms with Crippen LogP contribution in [0.2, 0.25) is 0 Å². The van der Waals surface area contributed by atoms with Gasteiger partial charge in [-0.2, -0.15) is 5.10 Å². The van der Waals surface area contributed by atoms with Crippen LogP contribution in [0.4, 0.5) is 10.6 Å². The van der Waals surface area contributed by atoms with Crippen molar-refractivity contribution in [2.24, 2.45) is 0 Å². The highest BCUT2D eigenvalue weighted by molar-refractivity contribution is 5.88. The van der Waals surface area contributed by atoms with E-state index in [0.29, 0.717) is 25.5 Å². The molecule has 2 heterocycles. The first-order chi connectivity index (χ1) is 10.6. The van der Waals surface area contributed by atoms with Gasteiger partial charge in [0, 0.05) is 25.4 Å². The molecule has 2 aromatic rings. The molecule has 0 aliphatic heterocycles. The molecule has 0 aromatic carbocycles. The van der Waals surface area contributed by atoms with Crippen LogP contribution < -0.4 is 5.32 Å². The lowest BCUT2D eigenvalue weighted by Gasteiger charge is -2.20. The Morgan fingerprint density at radius 2 is 2.27 bits per heavy atom. The van der Waals surface area contributed by atoms with Crippen molar-refractivity contribution in [3.8, 4) is 0 Å². The van der Waals surface area contributed by atoms with E-state index in [1.807, 2.05) is 38.1 Å². The summed E-state index contributed by atoms with van der Waals surface area (Å²) in [5, 5.41) is 16.2. The predicted molar refractivity (Wildman–Crippen MR) is 83.7 cm³/mol. The highest BCUT2D eigenvalue weighted by atomic mass is 16.3. The highest BCUT2D eigenvalue weighted by Gasteiger charge is 2.14. The third kappa shape index (κ3) is 4.05. The van der Waals surface area contributed by atoms with Crippen molar-refractivity contribution in [3.63, 3.8) is 0 Å². The topological polar surface area (TPSA) is 83.3 Å². The maximum atomic E-state index is 12.2. The quantitative estimate of drug-likeness (QED) is 0.846. The molecule has 0 spiro atoms. The van der Waals surface area contributed by atoms with Gasteiger partial charge in [0.15, 0.2) is 0 Å². The smallest absolute Gasteiger partial charge is 0.323 e. The summed E-state index contributed by atoms with van der Waals surface area (Å²) in [5.74, 6) is 0.615. The van der Waals surface area contributed by atoms with Crippen molar-refractivity contribution in [2.75, 3.05) is 25.0 Å². The van der Waals surface area contributed by atoms with E-state index >= 15 is 0 Å². The van der Waals surface area contributed by atoms with Gasteiger partial charge in [0.25, 0.3) is 0 Å². The molecular formula is C15H21N5O2. The average Bonchev–Trinajstić information content (AvgIpc) is 2.85. The molecule has 0 unspecified atom stereocenters. The fraction of sp³-hybridized carbons (Fsp3) is 0.400. The monoisotopic (exact) mass is 303 g/mol. The lowest BCUT2D eigenvalue weighted by molar-refractivity contribution is 0.191. The molecule has 0 radical (unpaired) electrons. The minimum atomic E-state index is -0.251. The molecule has 0 fully saturated rings. The van der Waals surface area contributed by atoms with E-state index in [1.165, 1.54) is 4.90 Å². The molecule has 2 amide bonds. The Kier molecular flexibility index (Phi) is 5.48. The molecule has 0 saturated carbocycles. The number of pyridine rings is 1. The first-order valence-corrected chi connectivity index (χ1v) is 7.25. The summed E-state index contributed by atoms with van der Waals surface area (Å²) in [7, 11) is 0. The number of rotatable bonds is 6. The largest absolute Gasteiger partial charge is 0.395 e. The number of amides is 2. The van der Waals surface area contributed by atoms with Gasteiger partial charge in [-0.1, -0.05) is 6.07 Å². The molecule has 118 valence electrons. The van der Waals surface area contributed by atoms with E-state index in [-0.39, 0.29) is 12.6 Å². The number of carbonyl (C=O) groups is 1. The lowest BCUT2D eigenvalue weighted by atomic mass is 10.3. The number of hydrogen-bond acceptors (Lipinski definition) is 4. The van der Waals surface area contributed by atoms with E-state index in [2.05, 4.69) is 15.4 Å². The van der Waals surface area contributed by atoms with Gasteiger partial charge in [-0.15, -0.1) is 0 Å². The van der Waals surface area contributed by atoms with Gasteiger partial charge in [0.2, 0.25) is 0 Å². The number of anilines is 1. The van der Waals surface area contributed by atoms with Crippen LogP contribution in [0.1, 0.15) is 18.3 Å². The normalized spacial score (nSPS) is 10.5. The van der Waals surface area contributed by atoms with Crippen LogP contribution in [-0.2, 0) is 6.54 Å². The molecule has 2 rings (SSSR count). The van der Waals surface area contributed by atoms with Crippen LogP contribution in [-0.4, -0.2) is 50.5 Å². The van der Waals surface area contributed by atoms with Gasteiger partial charge >= 0.3 is 6.03 Å². The van der Waals surface area contributed by atoms with E-state index in [0.717, 1.165) is 11.4 Å². The second-order valence-corrected chi connectivity index (χ2v) is 4.88. The summed E-state index contributed by atoms with van der Waals surface area (Å²) in [6.45, 7) is 4.99. The number of nitrogens with zero attached hydrogens (tertiary/aromatic N) is 4. The second-order valence-electron chi connectivity index (χ2n) is 4.88. The minimum absolute atomic E-state index is 0.0620. The van der Waals surface area contributed by atoms with Gasteiger partial charge in [-0.05, 0) is 26.0 Å². The Hall–Kier alpha value is -2.41. The third-order valence-corrected chi connectivity index (χ3v) is 3.21. The van der Waals surface area contributed by atoms with Crippen molar-refractivity contribution in [1.82, 2.24) is 19.7 Å². The predicted octanol–water partition coefficient (Wildman–Crippen LogP) is 1.48. The number of aryl methyl sites for hydroxylation is 1. The minimum Gasteiger partial charge on any atom is -0.395 e. The molecule has 0 bridgehead atoms. The van der Waals surface area contributed by atoms with Gasteiger partial charge in [0.1, 0.15) is 5.82 Å². The highest BCUT2D eigenvalue weighted by Crippen LogP contribution is 2.13. The van der Waals surface area contributed by atoms with Crippen molar-refractivity contribution in [2.45, 2.75) is 20.4 Å². The van der Waals surface area contributed by atoms with Crippen LogP contribution in [0.15, 0.2) is 30.5 Å². The van der Waals surface area contributed by atoms with Gasteiger partial charge in [-0.25, -0.2) is 9.48 Å². The maximum absolute atomic E-state index is 12.2. The van der Waals surface area contributed by atoms with Gasteiger partial charge < -0.3 is 10.0 Å². The molecule has 0 atom stereocenters. The summed E-state index contributed by atoms with van der Waals surface area (Å²) >= 11 is 0. The fourth-order valence-corrected chi connectivity index (χ4v) is 2.12. The Labute approximate surface area is 129 Å². The van der Waals surface area contributed by atoms with E-state index in [9.17, 15) is 4.79 Å². The Bertz CT molecular complexity index is 612. The summed E-state index contributed by atoms with van der Waals surface area (Å²) in [4.78, 5) is 18.0. The van der Waals surface area contributed by atoms with Gasteiger partial charge in [-0.3, -0.25) is 10.3 Å². The number of aromatic nitrogens is 3. The molecular weight excluding hydrogens is 282 g/mol. The zero-order valence-corrected chi connectivity index (χ0v) is 12.9. The van der Waals surface area contributed by atoms with Crippen molar-refractivity contribution in [3.05, 3.63) is 41.9 Å². The van der Waals surface area contributed by atoms with E-state index in [1.54, 1.807) is 10.9 Å². The molecule has 7 heteroatoms. The zero-order valence-electron chi connectivity index (χ0n) is 12.9. The summed E-state index contributed by atoms with van der Waals surface area (Å²) in [6.07, 6.45) is 1.73. The van der Waals surface area contributed by atoms with Crippen LogP contribution in [0.5, 0.6) is 0 Å². The number of likely N-dealkylation sites (N-methyl/N-ethyl adjacent to an activating group) is 1. The van der Waals surface area contributed by atoms with E-state index < -0.39 is 0 Å². The van der Waals surface area contributed by atoms with Crippen molar-refractivity contribution in [1.29, 1.82) is 0 Å². The van der Waals surface area contributed by atoms with Crippen molar-refractivity contribution >= 4 is 11.8 Å². The number of hydrogen-bond donors (Lipinski definition) is 2. The maximum Gasteiger partial charge on any atom is 0.323 e. The third-order valence-electron chi connectivity index (χ3n) is 3.21. The first-order valence-electron chi connectivity index (χ1n) is 7.25. The van der Waals surface area contributed by atoms with Crippen LogP contribution >= 0.6 is 0 Å². The zero-order chi connectivity index (χ0) is 15.9. The molecule has 22 heavy (non-hydrogen) atoms. The van der Waals surface area contributed by atoms with Crippen LogP contribution in [0, 0.1) is 6.92 Å². The molecule has 0 saturated heterocycles. The Morgan fingerprint density at radius 1 is 1.45 bits per heavy atom. The van der Waals surface area contributed by atoms with Gasteiger partial charge in [0.05, 0.1) is 24.5 Å². The molecule has 0 aliphatic rings. The number of urea groups is 1. The number of carbonyl (C=O) groups excluding carboxylic acids is 1. The van der Waals surface area contributed by atoms with Crippen LogP contribution in [0.3, 0.4) is 0 Å².